The van der Waals surface area contributed by atoms with E-state index in [1.165, 1.54) is 0 Å². The maximum Gasteiger partial charge on any atom is 0.155 e. The first kappa shape index (κ1) is 12.4. The van der Waals surface area contributed by atoms with E-state index in [2.05, 4.69) is 13.5 Å². The fourth-order valence-electron chi connectivity index (χ4n) is 1.53. The van der Waals surface area contributed by atoms with Gasteiger partial charge in [0, 0.05) is 6.42 Å². The minimum atomic E-state index is 0.179. The Bertz CT molecular complexity index is 362. The van der Waals surface area contributed by atoms with E-state index in [1.807, 2.05) is 42.5 Å². The SMILES string of the molecule is C=CCC(C)CC(=O)/C=C/c1ccccc1. The van der Waals surface area contributed by atoms with E-state index in [4.69, 9.17) is 0 Å². The molecule has 0 bridgehead atoms. The normalized spacial score (nSPS) is 12.6. The van der Waals surface area contributed by atoms with Gasteiger partial charge in [-0.05, 0) is 24.0 Å². The van der Waals surface area contributed by atoms with Gasteiger partial charge in [-0.15, -0.1) is 6.58 Å². The Hall–Kier alpha value is -1.63. The number of ketones is 1. The monoisotopic (exact) mass is 214 g/mol. The molecular weight excluding hydrogens is 196 g/mol. The number of carbonyl (C=O) groups is 1. The Morgan fingerprint density at radius 2 is 2.06 bits per heavy atom. The van der Waals surface area contributed by atoms with Gasteiger partial charge in [0.15, 0.2) is 5.78 Å². The highest BCUT2D eigenvalue weighted by Gasteiger charge is 2.04. The molecule has 0 saturated heterocycles. The standard InChI is InChI=1S/C15H18O/c1-3-7-13(2)12-15(16)11-10-14-8-5-4-6-9-14/h3-6,8-11,13H,1,7,12H2,2H3/b11-10+. The van der Waals surface area contributed by atoms with Crippen LogP contribution < -0.4 is 0 Å². The molecule has 1 aromatic carbocycles. The van der Waals surface area contributed by atoms with Gasteiger partial charge in [0.2, 0.25) is 0 Å². The molecule has 0 spiro atoms. The van der Waals surface area contributed by atoms with Crippen molar-refractivity contribution >= 4 is 11.9 Å². The maximum atomic E-state index is 11.6. The van der Waals surface area contributed by atoms with E-state index < -0.39 is 0 Å². The van der Waals surface area contributed by atoms with E-state index >= 15 is 0 Å². The first-order valence-corrected chi connectivity index (χ1v) is 5.59. The highest BCUT2D eigenvalue weighted by atomic mass is 16.1. The Morgan fingerprint density at radius 3 is 2.69 bits per heavy atom. The molecule has 0 aliphatic carbocycles. The molecule has 0 aliphatic heterocycles. The highest BCUT2D eigenvalue weighted by Crippen LogP contribution is 2.09. The van der Waals surface area contributed by atoms with Gasteiger partial charge in [-0.3, -0.25) is 4.79 Å². The summed E-state index contributed by atoms with van der Waals surface area (Å²) < 4.78 is 0. The summed E-state index contributed by atoms with van der Waals surface area (Å²) >= 11 is 0. The van der Waals surface area contributed by atoms with Gasteiger partial charge < -0.3 is 0 Å². The second-order valence-electron chi connectivity index (χ2n) is 4.04. The molecule has 0 radical (unpaired) electrons. The summed E-state index contributed by atoms with van der Waals surface area (Å²) in [7, 11) is 0. The predicted octanol–water partition coefficient (Wildman–Crippen LogP) is 3.87. The third-order valence-electron chi connectivity index (χ3n) is 2.38. The van der Waals surface area contributed by atoms with Crippen LogP contribution in [-0.4, -0.2) is 5.78 Å². The van der Waals surface area contributed by atoms with Gasteiger partial charge in [-0.1, -0.05) is 49.4 Å². The van der Waals surface area contributed by atoms with E-state index in [0.29, 0.717) is 12.3 Å². The molecule has 0 N–H and O–H groups in total. The molecule has 84 valence electrons. The minimum absolute atomic E-state index is 0.179. The first-order chi connectivity index (χ1) is 7.72. The van der Waals surface area contributed by atoms with Crippen LogP contribution >= 0.6 is 0 Å². The largest absolute Gasteiger partial charge is 0.295 e. The molecule has 0 saturated carbocycles. The minimum Gasteiger partial charge on any atom is -0.295 e. The van der Waals surface area contributed by atoms with Crippen molar-refractivity contribution in [1.82, 2.24) is 0 Å². The summed E-state index contributed by atoms with van der Waals surface area (Å²) in [6, 6.07) is 9.86. The van der Waals surface area contributed by atoms with Crippen LogP contribution in [-0.2, 0) is 4.79 Å². The van der Waals surface area contributed by atoms with Gasteiger partial charge in [-0.2, -0.15) is 0 Å². The van der Waals surface area contributed by atoms with E-state index in [0.717, 1.165) is 12.0 Å². The molecule has 0 aliphatic rings. The van der Waals surface area contributed by atoms with Crippen molar-refractivity contribution in [2.45, 2.75) is 19.8 Å². The van der Waals surface area contributed by atoms with Crippen molar-refractivity contribution in [3.8, 4) is 0 Å². The molecule has 1 nitrogen and oxygen atoms in total. The zero-order valence-corrected chi connectivity index (χ0v) is 9.73. The number of allylic oxidation sites excluding steroid dienone is 2. The van der Waals surface area contributed by atoms with Crippen LogP contribution in [0.15, 0.2) is 49.1 Å². The summed E-state index contributed by atoms with van der Waals surface area (Å²) in [6.45, 7) is 5.74. The van der Waals surface area contributed by atoms with Crippen molar-refractivity contribution in [1.29, 1.82) is 0 Å². The van der Waals surface area contributed by atoms with Crippen molar-refractivity contribution in [2.75, 3.05) is 0 Å². The molecule has 16 heavy (non-hydrogen) atoms. The van der Waals surface area contributed by atoms with Crippen molar-refractivity contribution in [2.24, 2.45) is 5.92 Å². The number of hydrogen-bond donors (Lipinski definition) is 0. The molecule has 1 unspecified atom stereocenters. The number of benzene rings is 1. The summed E-state index contributed by atoms with van der Waals surface area (Å²) in [4.78, 5) is 11.6. The van der Waals surface area contributed by atoms with Crippen molar-refractivity contribution in [3.05, 3.63) is 54.6 Å². The molecule has 1 rings (SSSR count). The number of hydrogen-bond acceptors (Lipinski definition) is 1. The summed E-state index contributed by atoms with van der Waals surface area (Å²) in [5, 5.41) is 0. The second-order valence-corrected chi connectivity index (χ2v) is 4.04. The smallest absolute Gasteiger partial charge is 0.155 e. The van der Waals surface area contributed by atoms with Crippen molar-refractivity contribution in [3.63, 3.8) is 0 Å². The van der Waals surface area contributed by atoms with Crippen LogP contribution in [0, 0.1) is 5.92 Å². The van der Waals surface area contributed by atoms with Gasteiger partial charge in [0.1, 0.15) is 0 Å². The molecule has 0 aromatic heterocycles. The Labute approximate surface area is 97.5 Å². The average molecular weight is 214 g/mol. The lowest BCUT2D eigenvalue weighted by Crippen LogP contribution is -2.01. The fourth-order valence-corrected chi connectivity index (χ4v) is 1.53. The Kier molecular flexibility index (Phi) is 5.27. The Morgan fingerprint density at radius 1 is 1.38 bits per heavy atom. The zero-order valence-electron chi connectivity index (χ0n) is 9.73. The topological polar surface area (TPSA) is 17.1 Å². The predicted molar refractivity (Wildman–Crippen MR) is 69.1 cm³/mol. The maximum absolute atomic E-state index is 11.6. The zero-order chi connectivity index (χ0) is 11.8. The van der Waals surface area contributed by atoms with Crippen LogP contribution in [0.5, 0.6) is 0 Å². The number of rotatable bonds is 6. The Balaban J connectivity index is 2.45. The number of carbonyl (C=O) groups excluding carboxylic acids is 1. The van der Waals surface area contributed by atoms with Gasteiger partial charge in [0.05, 0.1) is 0 Å². The van der Waals surface area contributed by atoms with Crippen LogP contribution in [0.25, 0.3) is 6.08 Å². The quantitative estimate of drug-likeness (QED) is 0.519. The van der Waals surface area contributed by atoms with Crippen LogP contribution in [0.3, 0.4) is 0 Å². The average Bonchev–Trinajstić information content (AvgIpc) is 2.28. The summed E-state index contributed by atoms with van der Waals surface area (Å²) in [6.07, 6.45) is 6.87. The van der Waals surface area contributed by atoms with Crippen LogP contribution in [0.4, 0.5) is 0 Å². The van der Waals surface area contributed by atoms with Crippen LogP contribution in [0.1, 0.15) is 25.3 Å². The highest BCUT2D eigenvalue weighted by molar-refractivity contribution is 5.93. The van der Waals surface area contributed by atoms with Crippen molar-refractivity contribution < 1.29 is 4.79 Å². The van der Waals surface area contributed by atoms with Crippen LogP contribution in [0.2, 0.25) is 0 Å². The third kappa shape index (κ3) is 4.74. The second kappa shape index (κ2) is 6.78. The van der Waals surface area contributed by atoms with Gasteiger partial charge in [0.25, 0.3) is 0 Å². The van der Waals surface area contributed by atoms with Gasteiger partial charge >= 0.3 is 0 Å². The molecule has 1 atom stereocenters. The molecule has 1 aromatic rings. The van der Waals surface area contributed by atoms with E-state index in [1.54, 1.807) is 6.08 Å². The van der Waals surface area contributed by atoms with E-state index in [-0.39, 0.29) is 5.78 Å². The summed E-state index contributed by atoms with van der Waals surface area (Å²) in [5.41, 5.74) is 1.06. The molecule has 1 heteroatoms. The molecule has 0 heterocycles. The first-order valence-electron chi connectivity index (χ1n) is 5.59. The lowest BCUT2D eigenvalue weighted by Gasteiger charge is -2.04. The van der Waals surface area contributed by atoms with E-state index in [9.17, 15) is 4.79 Å². The summed E-state index contributed by atoms with van der Waals surface area (Å²) in [5.74, 6) is 0.559. The third-order valence-corrected chi connectivity index (χ3v) is 2.38. The molecule has 0 fully saturated rings. The van der Waals surface area contributed by atoms with Gasteiger partial charge in [-0.25, -0.2) is 0 Å². The molecule has 0 amide bonds. The fraction of sp³-hybridized carbons (Fsp3) is 0.267. The lowest BCUT2D eigenvalue weighted by molar-refractivity contribution is -0.115. The molecular formula is C15H18O. The lowest BCUT2D eigenvalue weighted by atomic mass is 10.0.